The van der Waals surface area contributed by atoms with Crippen LogP contribution in [0.4, 0.5) is 5.69 Å². The monoisotopic (exact) mass is 414 g/mol. The summed E-state index contributed by atoms with van der Waals surface area (Å²) in [6.07, 6.45) is -0.894. The summed E-state index contributed by atoms with van der Waals surface area (Å²) in [6, 6.07) is 14.7. The fourth-order valence-corrected chi connectivity index (χ4v) is 3.33. The first kappa shape index (κ1) is 20.9. The molecule has 3 rings (SSSR count). The van der Waals surface area contributed by atoms with Crippen molar-refractivity contribution in [2.75, 3.05) is 11.4 Å². The van der Waals surface area contributed by atoms with Gasteiger partial charge in [-0.2, -0.15) is 0 Å². The zero-order valence-electron chi connectivity index (χ0n) is 16.4. The lowest BCUT2D eigenvalue weighted by atomic mass is 10.1. The summed E-state index contributed by atoms with van der Waals surface area (Å²) in [5.74, 6) is -1.69. The highest BCUT2D eigenvalue weighted by molar-refractivity contribution is 6.31. The lowest BCUT2D eigenvalue weighted by Crippen LogP contribution is -2.37. The molecule has 2 aromatic carbocycles. The summed E-state index contributed by atoms with van der Waals surface area (Å²) >= 11 is 6.07. The van der Waals surface area contributed by atoms with Crippen LogP contribution in [0.5, 0.6) is 0 Å². The van der Waals surface area contributed by atoms with Gasteiger partial charge in [-0.1, -0.05) is 47.5 Å². The molecule has 0 radical (unpaired) electrons. The van der Waals surface area contributed by atoms with Gasteiger partial charge in [-0.25, -0.2) is 0 Å². The van der Waals surface area contributed by atoms with Crippen molar-refractivity contribution in [2.24, 2.45) is 5.92 Å². The number of carbonyl (C=O) groups excluding carboxylic acids is 3. The number of nitrogens with zero attached hydrogens (tertiary/aromatic N) is 1. The number of amides is 2. The quantitative estimate of drug-likeness (QED) is 0.736. The Labute approximate surface area is 174 Å². The Hall–Kier alpha value is -2.86. The number of rotatable bonds is 6. The minimum absolute atomic E-state index is 0.0701. The van der Waals surface area contributed by atoms with Crippen molar-refractivity contribution in [2.45, 2.75) is 32.9 Å². The molecule has 2 aromatic rings. The van der Waals surface area contributed by atoms with Crippen LogP contribution in [-0.2, 0) is 25.7 Å². The second-order valence-corrected chi connectivity index (χ2v) is 7.54. The third-order valence-electron chi connectivity index (χ3n) is 4.88. The fraction of sp³-hybridized carbons (Fsp3) is 0.318. The average Bonchev–Trinajstić information content (AvgIpc) is 3.09. The lowest BCUT2D eigenvalue weighted by molar-refractivity contribution is -0.158. The number of halogens is 1. The van der Waals surface area contributed by atoms with Crippen molar-refractivity contribution in [3.63, 3.8) is 0 Å². The van der Waals surface area contributed by atoms with E-state index in [2.05, 4.69) is 5.32 Å². The van der Waals surface area contributed by atoms with E-state index in [0.29, 0.717) is 5.02 Å². The first-order valence-corrected chi connectivity index (χ1v) is 9.81. The molecule has 0 aromatic heterocycles. The van der Waals surface area contributed by atoms with Gasteiger partial charge >= 0.3 is 5.97 Å². The van der Waals surface area contributed by atoms with Gasteiger partial charge < -0.3 is 15.0 Å². The Kier molecular flexibility index (Phi) is 6.54. The normalized spacial score (nSPS) is 17.1. The predicted molar refractivity (Wildman–Crippen MR) is 110 cm³/mol. The number of ether oxygens (including phenoxy) is 1. The molecule has 1 aliphatic heterocycles. The largest absolute Gasteiger partial charge is 0.452 e. The zero-order chi connectivity index (χ0) is 21.0. The van der Waals surface area contributed by atoms with Gasteiger partial charge in [0, 0.05) is 30.2 Å². The van der Waals surface area contributed by atoms with Crippen molar-refractivity contribution in [1.82, 2.24) is 5.32 Å². The fourth-order valence-electron chi connectivity index (χ4n) is 3.13. The van der Waals surface area contributed by atoms with Crippen molar-refractivity contribution < 1.29 is 19.1 Å². The molecule has 1 fully saturated rings. The van der Waals surface area contributed by atoms with E-state index in [1.807, 2.05) is 43.3 Å². The Morgan fingerprint density at radius 2 is 1.90 bits per heavy atom. The van der Waals surface area contributed by atoms with E-state index in [9.17, 15) is 14.4 Å². The van der Waals surface area contributed by atoms with E-state index in [0.717, 1.165) is 16.8 Å². The molecular weight excluding hydrogens is 392 g/mol. The van der Waals surface area contributed by atoms with Gasteiger partial charge in [0.1, 0.15) is 0 Å². The van der Waals surface area contributed by atoms with E-state index in [-0.39, 0.29) is 25.4 Å². The molecule has 0 saturated carbocycles. The maximum absolute atomic E-state index is 12.5. The minimum atomic E-state index is -0.964. The molecule has 0 unspecified atom stereocenters. The maximum atomic E-state index is 12.5. The molecule has 1 heterocycles. The standard InChI is InChI=1S/C22H23ClN2O4/c1-14-7-9-18(10-8-14)25-13-17(11-20(25)26)22(28)29-15(2)21(27)24-12-16-5-3-4-6-19(16)23/h3-10,15,17H,11-13H2,1-2H3,(H,24,27)/t15-,17+/m0/s1. The number of anilines is 1. The molecule has 1 saturated heterocycles. The van der Waals surface area contributed by atoms with Crippen LogP contribution < -0.4 is 10.2 Å². The molecule has 29 heavy (non-hydrogen) atoms. The van der Waals surface area contributed by atoms with Crippen LogP contribution in [0.1, 0.15) is 24.5 Å². The van der Waals surface area contributed by atoms with Gasteiger partial charge in [0.2, 0.25) is 5.91 Å². The zero-order valence-corrected chi connectivity index (χ0v) is 17.1. The van der Waals surface area contributed by atoms with Gasteiger partial charge in [0.25, 0.3) is 5.91 Å². The van der Waals surface area contributed by atoms with Gasteiger partial charge in [0.15, 0.2) is 6.10 Å². The number of hydrogen-bond acceptors (Lipinski definition) is 4. The Balaban J connectivity index is 1.53. The lowest BCUT2D eigenvalue weighted by Gasteiger charge is -2.18. The molecule has 152 valence electrons. The summed E-state index contributed by atoms with van der Waals surface area (Å²) < 4.78 is 5.30. The molecular formula is C22H23ClN2O4. The van der Waals surface area contributed by atoms with Crippen LogP contribution >= 0.6 is 11.6 Å². The number of hydrogen-bond donors (Lipinski definition) is 1. The first-order valence-electron chi connectivity index (χ1n) is 9.44. The Morgan fingerprint density at radius 3 is 2.59 bits per heavy atom. The molecule has 0 spiro atoms. The molecule has 7 heteroatoms. The van der Waals surface area contributed by atoms with Crippen molar-refractivity contribution in [3.05, 3.63) is 64.7 Å². The second kappa shape index (κ2) is 9.09. The Morgan fingerprint density at radius 1 is 1.21 bits per heavy atom. The number of esters is 1. The molecule has 2 atom stereocenters. The van der Waals surface area contributed by atoms with Crippen molar-refractivity contribution in [3.8, 4) is 0 Å². The molecule has 1 N–H and O–H groups in total. The van der Waals surface area contributed by atoms with E-state index in [1.54, 1.807) is 17.0 Å². The van der Waals surface area contributed by atoms with E-state index < -0.39 is 23.9 Å². The minimum Gasteiger partial charge on any atom is -0.452 e. The maximum Gasteiger partial charge on any atom is 0.312 e. The number of nitrogens with one attached hydrogen (secondary N) is 1. The van der Waals surface area contributed by atoms with E-state index in [4.69, 9.17) is 16.3 Å². The molecule has 2 amide bonds. The van der Waals surface area contributed by atoms with E-state index >= 15 is 0 Å². The highest BCUT2D eigenvalue weighted by Gasteiger charge is 2.37. The summed E-state index contributed by atoms with van der Waals surface area (Å²) in [7, 11) is 0. The SMILES string of the molecule is Cc1ccc(N2C[C@H](C(=O)O[C@@H](C)C(=O)NCc3ccccc3Cl)CC2=O)cc1. The van der Waals surface area contributed by atoms with Gasteiger partial charge in [-0.15, -0.1) is 0 Å². The van der Waals surface area contributed by atoms with Gasteiger partial charge in [-0.05, 0) is 37.6 Å². The highest BCUT2D eigenvalue weighted by Crippen LogP contribution is 2.26. The third-order valence-corrected chi connectivity index (χ3v) is 5.25. The predicted octanol–water partition coefficient (Wildman–Crippen LogP) is 3.25. The van der Waals surface area contributed by atoms with Crippen LogP contribution in [-0.4, -0.2) is 30.4 Å². The number of aryl methyl sites for hydroxylation is 1. The second-order valence-electron chi connectivity index (χ2n) is 7.13. The molecule has 0 aliphatic carbocycles. The average molecular weight is 415 g/mol. The first-order chi connectivity index (χ1) is 13.8. The third kappa shape index (κ3) is 5.15. The van der Waals surface area contributed by atoms with Crippen LogP contribution in [0, 0.1) is 12.8 Å². The topological polar surface area (TPSA) is 75.7 Å². The summed E-state index contributed by atoms with van der Waals surface area (Å²) in [5.41, 5.74) is 2.62. The summed E-state index contributed by atoms with van der Waals surface area (Å²) in [6.45, 7) is 3.96. The summed E-state index contributed by atoms with van der Waals surface area (Å²) in [5, 5.41) is 3.26. The summed E-state index contributed by atoms with van der Waals surface area (Å²) in [4.78, 5) is 38.6. The number of benzene rings is 2. The van der Waals surface area contributed by atoms with Crippen LogP contribution in [0.15, 0.2) is 48.5 Å². The Bertz CT molecular complexity index is 913. The van der Waals surface area contributed by atoms with Crippen molar-refractivity contribution >= 4 is 35.1 Å². The molecule has 1 aliphatic rings. The number of carbonyl (C=O) groups is 3. The molecule has 0 bridgehead atoms. The van der Waals surface area contributed by atoms with Crippen molar-refractivity contribution in [1.29, 1.82) is 0 Å². The van der Waals surface area contributed by atoms with Gasteiger partial charge in [0.05, 0.1) is 5.92 Å². The van der Waals surface area contributed by atoms with E-state index in [1.165, 1.54) is 6.92 Å². The smallest absolute Gasteiger partial charge is 0.312 e. The van der Waals surface area contributed by atoms with Crippen LogP contribution in [0.2, 0.25) is 5.02 Å². The highest BCUT2D eigenvalue weighted by atomic mass is 35.5. The molecule has 6 nitrogen and oxygen atoms in total. The van der Waals surface area contributed by atoms with Gasteiger partial charge in [-0.3, -0.25) is 14.4 Å². The van der Waals surface area contributed by atoms with Crippen LogP contribution in [0.3, 0.4) is 0 Å². The van der Waals surface area contributed by atoms with Crippen LogP contribution in [0.25, 0.3) is 0 Å².